The van der Waals surface area contributed by atoms with Crippen LogP contribution in [0.15, 0.2) is 54.6 Å². The van der Waals surface area contributed by atoms with Gasteiger partial charge in [-0.2, -0.15) is 0 Å². The lowest BCUT2D eigenvalue weighted by molar-refractivity contribution is -0.123. The van der Waals surface area contributed by atoms with Crippen molar-refractivity contribution in [3.05, 3.63) is 54.6 Å². The second-order valence-electron chi connectivity index (χ2n) is 6.63. The Morgan fingerprint density at radius 3 is 2.38 bits per heavy atom. The highest BCUT2D eigenvalue weighted by Crippen LogP contribution is 2.23. The summed E-state index contributed by atoms with van der Waals surface area (Å²) in [5.74, 6) is 1.00. The maximum atomic E-state index is 12.8. The van der Waals surface area contributed by atoms with Crippen molar-refractivity contribution in [2.75, 3.05) is 50.1 Å². The number of nitrogens with zero attached hydrogens (tertiary/aromatic N) is 3. The van der Waals surface area contributed by atoms with Crippen molar-refractivity contribution in [2.24, 2.45) is 0 Å². The number of rotatable bonds is 5. The number of methoxy groups -OCH3 is 1. The predicted octanol–water partition coefficient (Wildman–Crippen LogP) is 2.87. The van der Waals surface area contributed by atoms with E-state index < -0.39 is 0 Å². The second kappa shape index (κ2) is 8.23. The third-order valence-corrected chi connectivity index (χ3v) is 5.11. The number of hydrogen-bond donors (Lipinski definition) is 0. The van der Waals surface area contributed by atoms with Gasteiger partial charge in [0, 0.05) is 50.7 Å². The molecule has 138 valence electrons. The van der Waals surface area contributed by atoms with Crippen LogP contribution in [0.5, 0.6) is 5.75 Å². The van der Waals surface area contributed by atoms with E-state index in [1.54, 1.807) is 12.0 Å². The van der Waals surface area contributed by atoms with Crippen molar-refractivity contribution in [3.8, 4) is 5.75 Å². The minimum atomic E-state index is -0.132. The maximum absolute atomic E-state index is 12.8. The quantitative estimate of drug-likeness (QED) is 0.828. The van der Waals surface area contributed by atoms with E-state index in [1.807, 2.05) is 56.4 Å². The third kappa shape index (κ3) is 3.99. The molecule has 3 rings (SSSR count). The Morgan fingerprint density at radius 2 is 1.73 bits per heavy atom. The Bertz CT molecular complexity index is 727. The number of hydrogen-bond acceptors (Lipinski definition) is 4. The van der Waals surface area contributed by atoms with Crippen LogP contribution in [0.3, 0.4) is 0 Å². The van der Waals surface area contributed by atoms with E-state index in [0.717, 1.165) is 37.6 Å². The van der Waals surface area contributed by atoms with E-state index in [-0.39, 0.29) is 11.9 Å². The summed E-state index contributed by atoms with van der Waals surface area (Å²) in [5, 5.41) is 0. The van der Waals surface area contributed by atoms with Gasteiger partial charge < -0.3 is 14.5 Å². The van der Waals surface area contributed by atoms with Gasteiger partial charge in [0.05, 0.1) is 13.2 Å². The summed E-state index contributed by atoms with van der Waals surface area (Å²) >= 11 is 0. The molecule has 1 atom stereocenters. The monoisotopic (exact) mass is 353 g/mol. The van der Waals surface area contributed by atoms with E-state index in [1.165, 1.54) is 5.69 Å². The molecule has 0 radical (unpaired) electrons. The molecule has 1 aliphatic rings. The summed E-state index contributed by atoms with van der Waals surface area (Å²) in [6, 6.07) is 17.8. The predicted molar refractivity (Wildman–Crippen MR) is 106 cm³/mol. The molecule has 0 aromatic heterocycles. The molecule has 0 saturated carbocycles. The summed E-state index contributed by atoms with van der Waals surface area (Å²) in [6.07, 6.45) is 0. The number of ether oxygens (including phenoxy) is 1. The number of amides is 1. The lowest BCUT2D eigenvalue weighted by Crippen LogP contribution is -2.54. The van der Waals surface area contributed by atoms with Gasteiger partial charge in [-0.1, -0.05) is 24.3 Å². The Kier molecular flexibility index (Phi) is 5.78. The van der Waals surface area contributed by atoms with Crippen LogP contribution in [0.4, 0.5) is 11.4 Å². The van der Waals surface area contributed by atoms with Gasteiger partial charge in [-0.3, -0.25) is 9.69 Å². The van der Waals surface area contributed by atoms with E-state index in [0.29, 0.717) is 0 Å². The van der Waals surface area contributed by atoms with Crippen LogP contribution in [-0.2, 0) is 4.79 Å². The normalized spacial score (nSPS) is 16.2. The molecule has 1 aliphatic heterocycles. The van der Waals surface area contributed by atoms with E-state index >= 15 is 0 Å². The van der Waals surface area contributed by atoms with E-state index in [9.17, 15) is 4.79 Å². The number of likely N-dealkylation sites (N-methyl/N-ethyl adjacent to an activating group) is 1. The minimum absolute atomic E-state index is 0.131. The first-order valence-corrected chi connectivity index (χ1v) is 9.06. The van der Waals surface area contributed by atoms with Crippen LogP contribution < -0.4 is 14.5 Å². The number of carbonyl (C=O) groups is 1. The van der Waals surface area contributed by atoms with Gasteiger partial charge in [-0.15, -0.1) is 0 Å². The highest BCUT2D eigenvalue weighted by atomic mass is 16.5. The molecule has 1 amide bonds. The van der Waals surface area contributed by atoms with Gasteiger partial charge >= 0.3 is 0 Å². The second-order valence-corrected chi connectivity index (χ2v) is 6.63. The zero-order valence-electron chi connectivity index (χ0n) is 15.8. The Morgan fingerprint density at radius 1 is 1.04 bits per heavy atom. The van der Waals surface area contributed by atoms with E-state index in [2.05, 4.69) is 21.9 Å². The van der Waals surface area contributed by atoms with Crippen LogP contribution >= 0.6 is 0 Å². The van der Waals surface area contributed by atoms with Crippen molar-refractivity contribution in [1.29, 1.82) is 0 Å². The first-order valence-electron chi connectivity index (χ1n) is 9.06. The molecule has 2 aromatic rings. The van der Waals surface area contributed by atoms with E-state index in [4.69, 9.17) is 4.74 Å². The molecule has 1 heterocycles. The van der Waals surface area contributed by atoms with Gasteiger partial charge in [0.2, 0.25) is 5.91 Å². The first kappa shape index (κ1) is 18.3. The van der Waals surface area contributed by atoms with Gasteiger partial charge in [0.1, 0.15) is 5.75 Å². The summed E-state index contributed by atoms with van der Waals surface area (Å²) < 4.78 is 5.32. The number of piperazine rings is 1. The van der Waals surface area contributed by atoms with Crippen LogP contribution in [0.1, 0.15) is 6.92 Å². The zero-order valence-corrected chi connectivity index (χ0v) is 15.8. The van der Waals surface area contributed by atoms with Crippen LogP contribution in [0.25, 0.3) is 0 Å². The maximum Gasteiger partial charge on any atom is 0.243 e. The number of benzene rings is 2. The fraction of sp³-hybridized carbons (Fsp3) is 0.381. The smallest absolute Gasteiger partial charge is 0.243 e. The molecule has 5 nitrogen and oxygen atoms in total. The van der Waals surface area contributed by atoms with Crippen LogP contribution in [0.2, 0.25) is 0 Å². The Hall–Kier alpha value is -2.53. The Balaban J connectivity index is 1.59. The lowest BCUT2D eigenvalue weighted by atomic mass is 10.1. The fourth-order valence-corrected chi connectivity index (χ4v) is 3.39. The average molecular weight is 353 g/mol. The average Bonchev–Trinajstić information content (AvgIpc) is 2.73. The largest absolute Gasteiger partial charge is 0.497 e. The number of para-hydroxylation sites is 1. The van der Waals surface area contributed by atoms with Crippen molar-refractivity contribution in [1.82, 2.24) is 4.90 Å². The van der Waals surface area contributed by atoms with Crippen molar-refractivity contribution in [2.45, 2.75) is 13.0 Å². The first-order chi connectivity index (χ1) is 12.6. The molecule has 1 fully saturated rings. The number of carbonyl (C=O) groups excluding carboxylic acids is 1. The van der Waals surface area contributed by atoms with Gasteiger partial charge in [-0.25, -0.2) is 0 Å². The molecule has 0 spiro atoms. The van der Waals surface area contributed by atoms with Crippen LogP contribution in [-0.4, -0.2) is 57.2 Å². The summed E-state index contributed by atoms with van der Waals surface area (Å²) in [7, 11) is 3.54. The lowest BCUT2D eigenvalue weighted by Gasteiger charge is -2.39. The van der Waals surface area contributed by atoms with Crippen molar-refractivity contribution in [3.63, 3.8) is 0 Å². The molecular weight excluding hydrogens is 326 g/mol. The molecular formula is C21H27N3O2. The highest BCUT2D eigenvalue weighted by molar-refractivity contribution is 5.96. The van der Waals surface area contributed by atoms with Gasteiger partial charge in [0.25, 0.3) is 0 Å². The fourth-order valence-electron chi connectivity index (χ4n) is 3.39. The standard InChI is InChI=1S/C21H27N3O2/c1-17(21(25)22(2)18-8-5-4-6-9-18)23-12-14-24(15-13-23)19-10-7-11-20(16-19)26-3/h4-11,16-17H,12-15H2,1-3H3/t17-/m1/s1. The molecule has 1 saturated heterocycles. The molecule has 0 N–H and O–H groups in total. The summed E-state index contributed by atoms with van der Waals surface area (Å²) in [5.41, 5.74) is 2.10. The number of anilines is 2. The molecule has 0 unspecified atom stereocenters. The summed E-state index contributed by atoms with van der Waals surface area (Å²) in [6.45, 7) is 5.54. The highest BCUT2D eigenvalue weighted by Gasteiger charge is 2.28. The van der Waals surface area contributed by atoms with Gasteiger partial charge in [-0.05, 0) is 31.2 Å². The molecule has 0 aliphatic carbocycles. The topological polar surface area (TPSA) is 36.0 Å². The van der Waals surface area contributed by atoms with Gasteiger partial charge in [0.15, 0.2) is 0 Å². The molecule has 2 aromatic carbocycles. The Labute approximate surface area is 155 Å². The molecule has 5 heteroatoms. The van der Waals surface area contributed by atoms with Crippen molar-refractivity contribution < 1.29 is 9.53 Å². The SMILES string of the molecule is COc1cccc(N2CCN([C@H](C)C(=O)N(C)c3ccccc3)CC2)c1. The van der Waals surface area contributed by atoms with Crippen molar-refractivity contribution >= 4 is 17.3 Å². The zero-order chi connectivity index (χ0) is 18.5. The summed E-state index contributed by atoms with van der Waals surface area (Å²) in [4.78, 5) is 19.2. The minimum Gasteiger partial charge on any atom is -0.497 e. The molecule has 0 bridgehead atoms. The van der Waals surface area contributed by atoms with Crippen LogP contribution in [0, 0.1) is 0 Å². The molecule has 26 heavy (non-hydrogen) atoms. The third-order valence-electron chi connectivity index (χ3n) is 5.11.